The van der Waals surface area contributed by atoms with Crippen LogP contribution in [0.5, 0.6) is 0 Å². The van der Waals surface area contributed by atoms with Crippen LogP contribution in [0.3, 0.4) is 0 Å². The van der Waals surface area contributed by atoms with E-state index < -0.39 is 0 Å². The molecule has 0 aliphatic carbocycles. The number of hydrogen-bond acceptors (Lipinski definition) is 4. The van der Waals surface area contributed by atoms with Crippen LogP contribution in [0.2, 0.25) is 0 Å². The largest absolute Gasteiger partial charge is 0.469 e. The summed E-state index contributed by atoms with van der Waals surface area (Å²) in [6, 6.07) is 2.49. The topological polar surface area (TPSA) is 44.1 Å². The van der Waals surface area contributed by atoms with Crippen molar-refractivity contribution in [1.82, 2.24) is 9.78 Å². The molecule has 0 amide bonds. The lowest BCUT2D eigenvalue weighted by molar-refractivity contribution is -0.143. The third-order valence-electron chi connectivity index (χ3n) is 2.93. The molecule has 5 heteroatoms. The van der Waals surface area contributed by atoms with E-state index in [1.54, 1.807) is 11.8 Å². The maximum Gasteiger partial charge on any atom is 0.309 e. The van der Waals surface area contributed by atoms with Gasteiger partial charge < -0.3 is 4.74 Å². The minimum Gasteiger partial charge on any atom is -0.469 e. The summed E-state index contributed by atoms with van der Waals surface area (Å²) >= 11 is 1.71. The molecular weight excluding hydrogens is 248 g/mol. The molecule has 0 radical (unpaired) electrons. The van der Waals surface area contributed by atoms with Gasteiger partial charge in [-0.3, -0.25) is 9.48 Å². The molecule has 2 atom stereocenters. The minimum atomic E-state index is -0.146. The summed E-state index contributed by atoms with van der Waals surface area (Å²) in [7, 11) is 1.43. The fraction of sp³-hybridized carbons (Fsp3) is 0.692. The third kappa shape index (κ3) is 4.37. The van der Waals surface area contributed by atoms with E-state index >= 15 is 0 Å². The van der Waals surface area contributed by atoms with Gasteiger partial charge >= 0.3 is 5.97 Å². The Morgan fingerprint density at radius 1 is 1.56 bits per heavy atom. The van der Waals surface area contributed by atoms with E-state index in [2.05, 4.69) is 18.9 Å². The van der Waals surface area contributed by atoms with Gasteiger partial charge in [0.1, 0.15) is 0 Å². The predicted molar refractivity (Wildman–Crippen MR) is 74.6 cm³/mol. The maximum absolute atomic E-state index is 11.2. The van der Waals surface area contributed by atoms with Gasteiger partial charge in [-0.1, -0.05) is 13.8 Å². The first kappa shape index (κ1) is 15.1. The second-order valence-corrected chi connectivity index (χ2v) is 5.51. The molecule has 4 nitrogen and oxygen atoms in total. The van der Waals surface area contributed by atoms with Gasteiger partial charge in [0.25, 0.3) is 0 Å². The van der Waals surface area contributed by atoms with Crippen molar-refractivity contribution in [2.75, 3.05) is 12.9 Å². The zero-order valence-electron chi connectivity index (χ0n) is 11.5. The van der Waals surface area contributed by atoms with Gasteiger partial charge in [-0.05, 0) is 19.4 Å². The van der Waals surface area contributed by atoms with E-state index in [9.17, 15) is 4.79 Å². The first-order valence-electron chi connectivity index (χ1n) is 6.28. The summed E-state index contributed by atoms with van der Waals surface area (Å²) in [5.41, 5.74) is 1.07. The number of esters is 1. The third-order valence-corrected chi connectivity index (χ3v) is 4.16. The molecule has 2 unspecified atom stereocenters. The van der Waals surface area contributed by atoms with Crippen LogP contribution >= 0.6 is 11.8 Å². The number of thioether (sulfide) groups is 1. The molecule has 102 valence electrons. The molecule has 0 fully saturated rings. The summed E-state index contributed by atoms with van der Waals surface area (Å²) < 4.78 is 6.69. The van der Waals surface area contributed by atoms with Gasteiger partial charge in [0.05, 0.1) is 18.7 Å². The number of nitrogens with zero attached hydrogens (tertiary/aromatic N) is 2. The lowest BCUT2D eigenvalue weighted by Gasteiger charge is -2.09. The normalized spacial score (nSPS) is 14.2. The molecule has 1 aromatic heterocycles. The van der Waals surface area contributed by atoms with Crippen LogP contribution in [0.1, 0.15) is 38.9 Å². The first-order chi connectivity index (χ1) is 8.58. The number of aromatic nitrogens is 2. The van der Waals surface area contributed by atoms with Crippen LogP contribution in [-0.4, -0.2) is 28.6 Å². The lowest BCUT2D eigenvalue weighted by Crippen LogP contribution is -2.14. The summed E-state index contributed by atoms with van der Waals surface area (Å²) in [5.74, 6) is 1.40. The Morgan fingerprint density at radius 3 is 2.89 bits per heavy atom. The van der Waals surface area contributed by atoms with Crippen molar-refractivity contribution in [1.29, 1.82) is 0 Å². The summed E-state index contributed by atoms with van der Waals surface area (Å²) in [4.78, 5) is 11.2. The van der Waals surface area contributed by atoms with E-state index in [-0.39, 0.29) is 11.9 Å². The van der Waals surface area contributed by atoms with Gasteiger partial charge in [-0.15, -0.1) is 0 Å². The van der Waals surface area contributed by atoms with Gasteiger partial charge in [0.2, 0.25) is 0 Å². The highest BCUT2D eigenvalue weighted by atomic mass is 32.2. The number of carbonyl (C=O) groups excluding carboxylic acids is 1. The molecule has 0 aliphatic heterocycles. The smallest absolute Gasteiger partial charge is 0.309 e. The van der Waals surface area contributed by atoms with Crippen LogP contribution in [-0.2, 0) is 15.3 Å². The average molecular weight is 270 g/mol. The zero-order valence-corrected chi connectivity index (χ0v) is 12.4. The molecule has 0 spiro atoms. The van der Waals surface area contributed by atoms with Crippen molar-refractivity contribution in [2.45, 2.75) is 39.0 Å². The molecule has 18 heavy (non-hydrogen) atoms. The van der Waals surface area contributed by atoms with Crippen LogP contribution in [0.25, 0.3) is 0 Å². The van der Waals surface area contributed by atoms with Crippen molar-refractivity contribution in [3.63, 3.8) is 0 Å². The summed E-state index contributed by atoms with van der Waals surface area (Å²) in [6.07, 6.45) is 3.10. The first-order valence-corrected chi connectivity index (χ1v) is 7.43. The molecule has 0 N–H and O–H groups in total. The van der Waals surface area contributed by atoms with Gasteiger partial charge in [0, 0.05) is 23.7 Å². The number of carbonyl (C=O) groups is 1. The molecule has 0 bridgehead atoms. The lowest BCUT2D eigenvalue weighted by atomic mass is 10.2. The van der Waals surface area contributed by atoms with E-state index in [4.69, 9.17) is 4.74 Å². The highest BCUT2D eigenvalue weighted by Gasteiger charge is 2.13. The van der Waals surface area contributed by atoms with Crippen LogP contribution in [0, 0.1) is 5.92 Å². The summed E-state index contributed by atoms with van der Waals surface area (Å²) in [6.45, 7) is 6.19. The van der Waals surface area contributed by atoms with Gasteiger partial charge in [-0.25, -0.2) is 0 Å². The van der Waals surface area contributed by atoms with E-state index in [1.165, 1.54) is 7.11 Å². The van der Waals surface area contributed by atoms with Crippen molar-refractivity contribution >= 4 is 17.7 Å². The fourth-order valence-corrected chi connectivity index (χ4v) is 2.47. The Labute approximate surface area is 113 Å². The Balaban J connectivity index is 2.36. The standard InChI is InChI=1S/C13H22N2O2S/c1-5-11(3)15-7-6-12(14-15)9-18-8-10(2)13(16)17-4/h6-7,10-11H,5,8-9H2,1-4H3. The van der Waals surface area contributed by atoms with Crippen molar-refractivity contribution in [3.8, 4) is 0 Å². The number of methoxy groups -OCH3 is 1. The summed E-state index contributed by atoms with van der Waals surface area (Å²) in [5, 5.41) is 4.52. The van der Waals surface area contributed by atoms with Crippen molar-refractivity contribution < 1.29 is 9.53 Å². The Morgan fingerprint density at radius 2 is 2.28 bits per heavy atom. The minimum absolute atomic E-state index is 0.0587. The van der Waals surface area contributed by atoms with Gasteiger partial charge in [0.15, 0.2) is 0 Å². The van der Waals surface area contributed by atoms with E-state index in [1.807, 2.05) is 23.9 Å². The van der Waals surface area contributed by atoms with Crippen molar-refractivity contribution in [3.05, 3.63) is 18.0 Å². The molecular formula is C13H22N2O2S. The number of rotatable bonds is 7. The predicted octanol–water partition coefficient (Wildman–Crippen LogP) is 2.90. The Kier molecular flexibility index (Phi) is 6.25. The Bertz CT molecular complexity index is 379. The Hall–Kier alpha value is -0.970. The number of ether oxygens (including phenoxy) is 1. The molecule has 1 aromatic rings. The highest BCUT2D eigenvalue weighted by molar-refractivity contribution is 7.98. The molecule has 1 heterocycles. The SMILES string of the molecule is CCC(C)n1ccc(CSCC(C)C(=O)OC)n1. The van der Waals surface area contributed by atoms with E-state index in [0.29, 0.717) is 6.04 Å². The second kappa shape index (κ2) is 7.46. The molecule has 0 aliphatic rings. The number of hydrogen-bond donors (Lipinski definition) is 0. The zero-order chi connectivity index (χ0) is 13.5. The second-order valence-electron chi connectivity index (χ2n) is 4.48. The quantitative estimate of drug-likeness (QED) is 0.715. The van der Waals surface area contributed by atoms with Crippen LogP contribution in [0.15, 0.2) is 12.3 Å². The van der Waals surface area contributed by atoms with Crippen LogP contribution < -0.4 is 0 Å². The monoisotopic (exact) mass is 270 g/mol. The maximum atomic E-state index is 11.2. The molecule has 0 saturated heterocycles. The van der Waals surface area contributed by atoms with Crippen molar-refractivity contribution in [2.24, 2.45) is 5.92 Å². The highest BCUT2D eigenvalue weighted by Crippen LogP contribution is 2.16. The van der Waals surface area contributed by atoms with E-state index in [0.717, 1.165) is 23.6 Å². The van der Waals surface area contributed by atoms with Crippen LogP contribution in [0.4, 0.5) is 0 Å². The van der Waals surface area contributed by atoms with Gasteiger partial charge in [-0.2, -0.15) is 16.9 Å². The molecule has 1 rings (SSSR count). The molecule has 0 saturated carbocycles. The fourth-order valence-electron chi connectivity index (χ4n) is 1.50. The molecule has 0 aromatic carbocycles. The average Bonchev–Trinajstić information content (AvgIpc) is 2.85.